The van der Waals surface area contributed by atoms with E-state index in [0.717, 1.165) is 12.3 Å². The molecule has 0 spiro atoms. The van der Waals surface area contributed by atoms with E-state index in [0.29, 0.717) is 12.1 Å². The van der Waals surface area contributed by atoms with E-state index in [1.807, 2.05) is 0 Å². The minimum absolute atomic E-state index is 0.0602. The number of aliphatic hydroxyl groups is 1. The number of nitrogens with one attached hydrogen (secondary N) is 1. The number of fused-ring (bicyclic) bond motifs is 1. The lowest BCUT2D eigenvalue weighted by Crippen LogP contribution is -2.36. The Labute approximate surface area is 61.6 Å². The van der Waals surface area contributed by atoms with Gasteiger partial charge in [-0.3, -0.25) is 0 Å². The summed E-state index contributed by atoms with van der Waals surface area (Å²) in [5, 5.41) is 12.9. The van der Waals surface area contributed by atoms with E-state index in [-0.39, 0.29) is 6.10 Å². The zero-order chi connectivity index (χ0) is 7.14. The zero-order valence-electron chi connectivity index (χ0n) is 6.38. The van der Waals surface area contributed by atoms with Crippen LogP contribution in [0.3, 0.4) is 0 Å². The van der Waals surface area contributed by atoms with Crippen molar-refractivity contribution in [2.45, 2.75) is 44.4 Å². The summed E-state index contributed by atoms with van der Waals surface area (Å²) in [6.45, 7) is 2.20. The second-order valence-electron chi connectivity index (χ2n) is 3.73. The van der Waals surface area contributed by atoms with Crippen molar-refractivity contribution in [2.75, 3.05) is 0 Å². The van der Waals surface area contributed by atoms with Crippen molar-refractivity contribution in [1.82, 2.24) is 5.32 Å². The second kappa shape index (κ2) is 2.21. The SMILES string of the molecule is C[C@@H]1C[C@@H]2CC[C@@H](O)[C@@H]2N1. The molecule has 0 aromatic carbocycles. The highest BCUT2D eigenvalue weighted by Gasteiger charge is 2.40. The maximum atomic E-state index is 9.45. The highest BCUT2D eigenvalue weighted by Crippen LogP contribution is 2.34. The summed E-state index contributed by atoms with van der Waals surface area (Å²) in [6.07, 6.45) is 3.44. The molecular weight excluding hydrogens is 126 g/mol. The standard InChI is InChI=1S/C8H15NO/c1-5-4-6-2-3-7(10)8(6)9-5/h5-10H,2-4H2,1H3/t5-,6+,7-,8-/m1/s1. The molecule has 2 aliphatic rings. The molecule has 0 radical (unpaired) electrons. The van der Waals surface area contributed by atoms with Crippen molar-refractivity contribution in [3.05, 3.63) is 0 Å². The highest BCUT2D eigenvalue weighted by atomic mass is 16.3. The Bertz CT molecular complexity index is 137. The molecule has 1 heterocycles. The molecule has 0 unspecified atom stereocenters. The molecule has 2 rings (SSSR count). The van der Waals surface area contributed by atoms with Gasteiger partial charge in [-0.25, -0.2) is 0 Å². The molecule has 2 heteroatoms. The third kappa shape index (κ3) is 0.867. The van der Waals surface area contributed by atoms with Gasteiger partial charge in [0.1, 0.15) is 0 Å². The molecule has 1 aliphatic carbocycles. The normalized spacial score (nSPS) is 53.4. The van der Waals surface area contributed by atoms with Crippen molar-refractivity contribution in [3.63, 3.8) is 0 Å². The topological polar surface area (TPSA) is 32.3 Å². The summed E-state index contributed by atoms with van der Waals surface area (Å²) >= 11 is 0. The van der Waals surface area contributed by atoms with Crippen molar-refractivity contribution < 1.29 is 5.11 Å². The van der Waals surface area contributed by atoms with Crippen LogP contribution in [0.15, 0.2) is 0 Å². The molecule has 4 atom stereocenters. The summed E-state index contributed by atoms with van der Waals surface area (Å²) in [4.78, 5) is 0. The third-order valence-electron chi connectivity index (χ3n) is 2.89. The second-order valence-corrected chi connectivity index (χ2v) is 3.73. The summed E-state index contributed by atoms with van der Waals surface area (Å²) in [7, 11) is 0. The Balaban J connectivity index is 2.05. The van der Waals surface area contributed by atoms with Crippen molar-refractivity contribution in [2.24, 2.45) is 5.92 Å². The maximum absolute atomic E-state index is 9.45. The van der Waals surface area contributed by atoms with Crippen LogP contribution < -0.4 is 5.32 Å². The van der Waals surface area contributed by atoms with Crippen LogP contribution in [0.1, 0.15) is 26.2 Å². The van der Waals surface area contributed by atoms with Crippen LogP contribution in [0.2, 0.25) is 0 Å². The lowest BCUT2D eigenvalue weighted by Gasteiger charge is -2.13. The van der Waals surface area contributed by atoms with Crippen LogP contribution in [-0.2, 0) is 0 Å². The zero-order valence-corrected chi connectivity index (χ0v) is 6.38. The molecule has 10 heavy (non-hydrogen) atoms. The Kier molecular flexibility index (Phi) is 1.46. The molecule has 0 aromatic rings. The van der Waals surface area contributed by atoms with Gasteiger partial charge in [-0.2, -0.15) is 0 Å². The van der Waals surface area contributed by atoms with E-state index >= 15 is 0 Å². The first-order valence-corrected chi connectivity index (χ1v) is 4.21. The average Bonchev–Trinajstić information content (AvgIpc) is 2.35. The Morgan fingerprint density at radius 3 is 2.90 bits per heavy atom. The first kappa shape index (κ1) is 6.62. The van der Waals surface area contributed by atoms with Gasteiger partial charge in [-0.15, -0.1) is 0 Å². The summed E-state index contributed by atoms with van der Waals surface area (Å²) in [5.74, 6) is 0.769. The first-order valence-electron chi connectivity index (χ1n) is 4.21. The number of hydrogen-bond acceptors (Lipinski definition) is 2. The van der Waals surface area contributed by atoms with Crippen molar-refractivity contribution in [1.29, 1.82) is 0 Å². The average molecular weight is 141 g/mol. The summed E-state index contributed by atoms with van der Waals surface area (Å²) < 4.78 is 0. The van der Waals surface area contributed by atoms with Gasteiger partial charge in [0.05, 0.1) is 6.10 Å². The Hall–Kier alpha value is -0.0800. The minimum atomic E-state index is -0.0602. The molecular formula is C8H15NO. The highest BCUT2D eigenvalue weighted by molar-refractivity contribution is 4.97. The van der Waals surface area contributed by atoms with E-state index in [4.69, 9.17) is 0 Å². The van der Waals surface area contributed by atoms with Gasteiger partial charge in [0.2, 0.25) is 0 Å². The molecule has 0 aromatic heterocycles. The van der Waals surface area contributed by atoms with Crippen molar-refractivity contribution >= 4 is 0 Å². The van der Waals surface area contributed by atoms with Gasteiger partial charge in [0, 0.05) is 12.1 Å². The van der Waals surface area contributed by atoms with Crippen LogP contribution in [0, 0.1) is 5.92 Å². The van der Waals surface area contributed by atoms with Crippen LogP contribution in [0.4, 0.5) is 0 Å². The minimum Gasteiger partial charge on any atom is -0.391 e. The van der Waals surface area contributed by atoms with Crippen LogP contribution in [-0.4, -0.2) is 23.3 Å². The molecule has 0 amide bonds. The fourth-order valence-electron chi connectivity index (χ4n) is 2.42. The molecule has 2 fully saturated rings. The largest absolute Gasteiger partial charge is 0.391 e. The van der Waals surface area contributed by atoms with Gasteiger partial charge in [0.15, 0.2) is 0 Å². The van der Waals surface area contributed by atoms with E-state index in [1.54, 1.807) is 0 Å². The fourth-order valence-corrected chi connectivity index (χ4v) is 2.42. The van der Waals surface area contributed by atoms with Crippen LogP contribution in [0.25, 0.3) is 0 Å². The molecule has 1 saturated carbocycles. The van der Waals surface area contributed by atoms with Gasteiger partial charge in [-0.05, 0) is 32.1 Å². The van der Waals surface area contributed by atoms with Crippen LogP contribution in [0.5, 0.6) is 0 Å². The first-order chi connectivity index (χ1) is 4.77. The summed E-state index contributed by atoms with van der Waals surface area (Å²) in [6, 6.07) is 1.06. The molecule has 1 aliphatic heterocycles. The van der Waals surface area contributed by atoms with E-state index < -0.39 is 0 Å². The van der Waals surface area contributed by atoms with E-state index in [2.05, 4.69) is 12.2 Å². The lowest BCUT2D eigenvalue weighted by molar-refractivity contribution is 0.149. The van der Waals surface area contributed by atoms with Gasteiger partial charge < -0.3 is 10.4 Å². The van der Waals surface area contributed by atoms with Gasteiger partial charge >= 0.3 is 0 Å². The molecule has 2 N–H and O–H groups in total. The quantitative estimate of drug-likeness (QED) is 0.515. The Morgan fingerprint density at radius 2 is 2.20 bits per heavy atom. The summed E-state index contributed by atoms with van der Waals surface area (Å²) in [5.41, 5.74) is 0. The number of hydrogen-bond donors (Lipinski definition) is 2. The van der Waals surface area contributed by atoms with E-state index in [9.17, 15) is 5.11 Å². The van der Waals surface area contributed by atoms with Crippen LogP contribution >= 0.6 is 0 Å². The Morgan fingerprint density at radius 1 is 1.40 bits per heavy atom. The lowest BCUT2D eigenvalue weighted by atomic mass is 10.0. The predicted octanol–water partition coefficient (Wildman–Crippen LogP) is 0.508. The number of aliphatic hydroxyl groups excluding tert-OH is 1. The smallest absolute Gasteiger partial charge is 0.0696 e. The van der Waals surface area contributed by atoms with E-state index in [1.165, 1.54) is 12.8 Å². The maximum Gasteiger partial charge on any atom is 0.0696 e. The fraction of sp³-hybridized carbons (Fsp3) is 1.00. The number of rotatable bonds is 0. The molecule has 2 nitrogen and oxygen atoms in total. The van der Waals surface area contributed by atoms with Crippen molar-refractivity contribution in [3.8, 4) is 0 Å². The molecule has 1 saturated heterocycles. The predicted molar refractivity (Wildman–Crippen MR) is 39.7 cm³/mol. The van der Waals surface area contributed by atoms with Gasteiger partial charge in [-0.1, -0.05) is 0 Å². The van der Waals surface area contributed by atoms with Gasteiger partial charge in [0.25, 0.3) is 0 Å². The molecule has 58 valence electrons. The molecule has 0 bridgehead atoms. The monoisotopic (exact) mass is 141 g/mol. The third-order valence-corrected chi connectivity index (χ3v) is 2.89.